The second-order valence-corrected chi connectivity index (χ2v) is 4.80. The maximum absolute atomic E-state index is 11.6. The Balaban J connectivity index is 1.97. The number of aliphatic hydroxyl groups is 1. The number of anilines is 1. The van der Waals surface area contributed by atoms with Crippen LogP contribution in [0.2, 0.25) is 0 Å². The highest BCUT2D eigenvalue weighted by atomic mass is 16.6. The molecule has 1 N–H and O–H groups in total. The van der Waals surface area contributed by atoms with Crippen LogP contribution in [0.1, 0.15) is 25.5 Å². The van der Waals surface area contributed by atoms with Crippen molar-refractivity contribution in [2.24, 2.45) is 0 Å². The average Bonchev–Trinajstić information content (AvgIpc) is 2.48. The zero-order valence-electron chi connectivity index (χ0n) is 12.0. The van der Waals surface area contributed by atoms with E-state index < -0.39 is 6.10 Å². The van der Waals surface area contributed by atoms with E-state index in [9.17, 15) is 9.90 Å². The third-order valence-electron chi connectivity index (χ3n) is 3.38. The number of nitrogens with zero attached hydrogens (tertiary/aromatic N) is 3. The summed E-state index contributed by atoms with van der Waals surface area (Å²) >= 11 is 0. The lowest BCUT2D eigenvalue weighted by Crippen LogP contribution is -2.49. The summed E-state index contributed by atoms with van der Waals surface area (Å²) in [4.78, 5) is 19.8. The number of aliphatic hydroxyl groups excluding tert-OH is 1. The first-order chi connectivity index (χ1) is 9.61. The lowest BCUT2D eigenvalue weighted by atomic mass is 10.1. The number of ether oxygens (including phenoxy) is 1. The molecule has 0 aromatic carbocycles. The van der Waals surface area contributed by atoms with Crippen molar-refractivity contribution < 1.29 is 14.6 Å². The molecule has 1 aliphatic heterocycles. The van der Waals surface area contributed by atoms with Gasteiger partial charge in [-0.25, -0.2) is 9.78 Å². The predicted octanol–water partition coefficient (Wildman–Crippen LogP) is 1.41. The average molecular weight is 279 g/mol. The summed E-state index contributed by atoms with van der Waals surface area (Å²) in [5, 5.41) is 9.60. The standard InChI is InChI=1S/C14H21N3O3/c1-3-20-14(19)17-8-6-16(7-9-17)13-10-12(11(2)18)4-5-15-13/h4-5,10-11,18H,3,6-9H2,1-2H3/t11-/m1/s1. The fourth-order valence-corrected chi connectivity index (χ4v) is 2.20. The number of hydrogen-bond donors (Lipinski definition) is 1. The Morgan fingerprint density at radius 3 is 2.75 bits per heavy atom. The molecule has 1 amide bonds. The van der Waals surface area contributed by atoms with Crippen molar-refractivity contribution in [2.75, 3.05) is 37.7 Å². The van der Waals surface area contributed by atoms with Gasteiger partial charge in [0.2, 0.25) is 0 Å². The van der Waals surface area contributed by atoms with Crippen molar-refractivity contribution in [2.45, 2.75) is 20.0 Å². The molecule has 1 atom stereocenters. The van der Waals surface area contributed by atoms with Gasteiger partial charge in [-0.15, -0.1) is 0 Å². The second kappa shape index (κ2) is 6.56. The number of piperazine rings is 1. The van der Waals surface area contributed by atoms with Crippen molar-refractivity contribution in [3.05, 3.63) is 23.9 Å². The van der Waals surface area contributed by atoms with E-state index in [-0.39, 0.29) is 6.09 Å². The first-order valence-electron chi connectivity index (χ1n) is 6.92. The molecule has 2 rings (SSSR count). The van der Waals surface area contributed by atoms with Crippen molar-refractivity contribution in [3.63, 3.8) is 0 Å². The number of hydrogen-bond acceptors (Lipinski definition) is 5. The Morgan fingerprint density at radius 2 is 2.15 bits per heavy atom. The number of carbonyl (C=O) groups excluding carboxylic acids is 1. The van der Waals surface area contributed by atoms with E-state index in [1.165, 1.54) is 0 Å². The summed E-state index contributed by atoms with van der Waals surface area (Å²) in [6, 6.07) is 3.70. The molecule has 0 radical (unpaired) electrons. The number of pyridine rings is 1. The first kappa shape index (κ1) is 14.6. The predicted molar refractivity (Wildman–Crippen MR) is 75.7 cm³/mol. The SMILES string of the molecule is CCOC(=O)N1CCN(c2cc([C@@H](C)O)ccn2)CC1. The Labute approximate surface area is 119 Å². The van der Waals surface area contributed by atoms with Crippen molar-refractivity contribution >= 4 is 11.9 Å². The summed E-state index contributed by atoms with van der Waals surface area (Å²) in [6.45, 7) is 6.62. The molecule has 6 heteroatoms. The van der Waals surface area contributed by atoms with E-state index in [4.69, 9.17) is 4.74 Å². The van der Waals surface area contributed by atoms with Gasteiger partial charge in [0.25, 0.3) is 0 Å². The fourth-order valence-electron chi connectivity index (χ4n) is 2.20. The van der Waals surface area contributed by atoms with Crippen LogP contribution in [0.15, 0.2) is 18.3 Å². The maximum Gasteiger partial charge on any atom is 0.409 e. The Bertz CT molecular complexity index is 457. The highest BCUT2D eigenvalue weighted by Gasteiger charge is 2.22. The zero-order chi connectivity index (χ0) is 14.5. The van der Waals surface area contributed by atoms with Crippen molar-refractivity contribution in [1.82, 2.24) is 9.88 Å². The monoisotopic (exact) mass is 279 g/mol. The van der Waals surface area contributed by atoms with Gasteiger partial charge in [-0.3, -0.25) is 0 Å². The normalized spacial score (nSPS) is 16.9. The van der Waals surface area contributed by atoms with Crippen LogP contribution >= 0.6 is 0 Å². The van der Waals surface area contributed by atoms with Gasteiger partial charge < -0.3 is 19.6 Å². The minimum atomic E-state index is -0.502. The highest BCUT2D eigenvalue weighted by Crippen LogP contribution is 2.19. The zero-order valence-corrected chi connectivity index (χ0v) is 12.0. The van der Waals surface area contributed by atoms with Crippen LogP contribution in [0, 0.1) is 0 Å². The van der Waals surface area contributed by atoms with Crippen LogP contribution in [0.4, 0.5) is 10.6 Å². The van der Waals surface area contributed by atoms with E-state index in [1.807, 2.05) is 12.1 Å². The first-order valence-corrected chi connectivity index (χ1v) is 6.92. The minimum absolute atomic E-state index is 0.252. The molecule has 0 spiro atoms. The van der Waals surface area contributed by atoms with Crippen LogP contribution in [0.25, 0.3) is 0 Å². The van der Waals surface area contributed by atoms with Gasteiger partial charge in [0.15, 0.2) is 0 Å². The van der Waals surface area contributed by atoms with Crippen LogP contribution in [0.5, 0.6) is 0 Å². The summed E-state index contributed by atoms with van der Waals surface area (Å²) < 4.78 is 4.99. The third-order valence-corrected chi connectivity index (χ3v) is 3.38. The van der Waals surface area contributed by atoms with E-state index in [0.29, 0.717) is 19.7 Å². The molecule has 0 unspecified atom stereocenters. The maximum atomic E-state index is 11.6. The summed E-state index contributed by atoms with van der Waals surface area (Å²) in [7, 11) is 0. The summed E-state index contributed by atoms with van der Waals surface area (Å²) in [5.74, 6) is 0.840. The van der Waals surface area contributed by atoms with Crippen LogP contribution in [-0.2, 0) is 4.74 Å². The summed E-state index contributed by atoms with van der Waals surface area (Å²) in [5.41, 5.74) is 0.850. The van der Waals surface area contributed by atoms with Crippen LogP contribution < -0.4 is 4.90 Å². The summed E-state index contributed by atoms with van der Waals surface area (Å²) in [6.07, 6.45) is 0.949. The Hall–Kier alpha value is -1.82. The molecule has 1 aliphatic rings. The molecule has 1 saturated heterocycles. The van der Waals surface area contributed by atoms with Gasteiger partial charge in [0.05, 0.1) is 12.7 Å². The van der Waals surface area contributed by atoms with E-state index >= 15 is 0 Å². The molecule has 2 heterocycles. The van der Waals surface area contributed by atoms with Gasteiger partial charge >= 0.3 is 6.09 Å². The number of rotatable bonds is 3. The van der Waals surface area contributed by atoms with Gasteiger partial charge in [0, 0.05) is 32.4 Å². The molecule has 110 valence electrons. The Morgan fingerprint density at radius 1 is 1.45 bits per heavy atom. The molecule has 20 heavy (non-hydrogen) atoms. The second-order valence-electron chi connectivity index (χ2n) is 4.80. The number of aromatic nitrogens is 1. The molecule has 1 fully saturated rings. The van der Waals surface area contributed by atoms with Gasteiger partial charge in [-0.1, -0.05) is 0 Å². The number of carbonyl (C=O) groups is 1. The van der Waals surface area contributed by atoms with Gasteiger partial charge in [-0.05, 0) is 31.5 Å². The lowest BCUT2D eigenvalue weighted by molar-refractivity contribution is 0.105. The van der Waals surface area contributed by atoms with Gasteiger partial charge in [0.1, 0.15) is 5.82 Å². The topological polar surface area (TPSA) is 65.9 Å². The molecular weight excluding hydrogens is 258 g/mol. The highest BCUT2D eigenvalue weighted by molar-refractivity contribution is 5.68. The van der Waals surface area contributed by atoms with Crippen LogP contribution in [-0.4, -0.2) is 53.9 Å². The Kier molecular flexibility index (Phi) is 4.79. The lowest BCUT2D eigenvalue weighted by Gasteiger charge is -2.34. The molecule has 1 aromatic heterocycles. The molecule has 0 bridgehead atoms. The third kappa shape index (κ3) is 3.39. The quantitative estimate of drug-likeness (QED) is 0.906. The minimum Gasteiger partial charge on any atom is -0.450 e. The molecular formula is C14H21N3O3. The fraction of sp³-hybridized carbons (Fsp3) is 0.571. The van der Waals surface area contributed by atoms with E-state index in [2.05, 4.69) is 9.88 Å². The molecule has 0 aliphatic carbocycles. The van der Waals surface area contributed by atoms with Crippen LogP contribution in [0.3, 0.4) is 0 Å². The van der Waals surface area contributed by atoms with Gasteiger partial charge in [-0.2, -0.15) is 0 Å². The van der Waals surface area contributed by atoms with Crippen molar-refractivity contribution in [1.29, 1.82) is 0 Å². The number of amides is 1. The smallest absolute Gasteiger partial charge is 0.409 e. The molecule has 6 nitrogen and oxygen atoms in total. The molecule has 1 aromatic rings. The van der Waals surface area contributed by atoms with Crippen molar-refractivity contribution in [3.8, 4) is 0 Å². The van der Waals surface area contributed by atoms with E-state index in [1.54, 1.807) is 24.9 Å². The molecule has 0 saturated carbocycles. The largest absolute Gasteiger partial charge is 0.450 e. The van der Waals surface area contributed by atoms with E-state index in [0.717, 1.165) is 24.5 Å².